The van der Waals surface area contributed by atoms with Crippen LogP contribution in [0.3, 0.4) is 0 Å². The van der Waals surface area contributed by atoms with Gasteiger partial charge in [0.05, 0.1) is 18.3 Å². The molecule has 3 nitrogen and oxygen atoms in total. The molecule has 0 saturated heterocycles. The van der Waals surface area contributed by atoms with Crippen molar-refractivity contribution in [3.63, 3.8) is 0 Å². The third-order valence-electron chi connectivity index (χ3n) is 1.89. The summed E-state index contributed by atoms with van der Waals surface area (Å²) in [6.45, 7) is 0. The molecule has 0 aromatic carbocycles. The van der Waals surface area contributed by atoms with Gasteiger partial charge >= 0.3 is 0 Å². The van der Waals surface area contributed by atoms with Crippen LogP contribution in [0.15, 0.2) is 0 Å². The van der Waals surface area contributed by atoms with Crippen LogP contribution in [0.2, 0.25) is 0 Å². The number of hydrogen-bond acceptors (Lipinski definition) is 4. The zero-order valence-corrected chi connectivity index (χ0v) is 9.10. The standard InChI is InChI=1S/C6H12INO2S/c7-10-11-8-5-2-1-3-6(9)4-5/h5-6,8-9H,1-4H2/t5-,6+/m1/s1. The van der Waals surface area contributed by atoms with Gasteiger partial charge < -0.3 is 5.11 Å². The number of halogens is 1. The Morgan fingerprint density at radius 2 is 2.36 bits per heavy atom. The van der Waals surface area contributed by atoms with Crippen molar-refractivity contribution in [2.75, 3.05) is 0 Å². The van der Waals surface area contributed by atoms with Crippen LogP contribution < -0.4 is 4.72 Å². The van der Waals surface area contributed by atoms with Crippen LogP contribution in [0.4, 0.5) is 0 Å². The average molecular weight is 289 g/mol. The first-order chi connectivity index (χ1) is 5.33. The first-order valence-corrected chi connectivity index (χ1v) is 5.33. The van der Waals surface area contributed by atoms with Gasteiger partial charge in [0.25, 0.3) is 0 Å². The molecule has 0 aliphatic heterocycles. The van der Waals surface area contributed by atoms with Gasteiger partial charge in [0.2, 0.25) is 0 Å². The Hall–Kier alpha value is 0.960. The summed E-state index contributed by atoms with van der Waals surface area (Å²) in [4.78, 5) is 0. The van der Waals surface area contributed by atoms with Gasteiger partial charge in [0.1, 0.15) is 23.0 Å². The summed E-state index contributed by atoms with van der Waals surface area (Å²) >= 11 is 3.07. The first kappa shape index (κ1) is 10.0. The number of aliphatic hydroxyl groups is 1. The van der Waals surface area contributed by atoms with E-state index in [1.807, 2.05) is 23.0 Å². The molecule has 0 bridgehead atoms. The SMILES string of the molecule is O[C@H]1CCC[C@@H](NSOI)C1. The van der Waals surface area contributed by atoms with E-state index in [2.05, 4.69) is 4.72 Å². The molecule has 0 radical (unpaired) electrons. The van der Waals surface area contributed by atoms with E-state index in [9.17, 15) is 5.11 Å². The van der Waals surface area contributed by atoms with E-state index in [4.69, 9.17) is 2.51 Å². The molecule has 1 aliphatic rings. The molecule has 1 aliphatic carbocycles. The topological polar surface area (TPSA) is 41.5 Å². The minimum atomic E-state index is -0.115. The summed E-state index contributed by atoms with van der Waals surface area (Å²) in [6.07, 6.45) is 3.95. The van der Waals surface area contributed by atoms with Gasteiger partial charge in [-0.2, -0.15) is 0 Å². The van der Waals surface area contributed by atoms with E-state index in [1.54, 1.807) is 0 Å². The molecule has 5 heteroatoms. The van der Waals surface area contributed by atoms with Crippen LogP contribution in [0.1, 0.15) is 25.7 Å². The smallest absolute Gasteiger partial charge is 0.129 e. The molecule has 1 fully saturated rings. The normalized spacial score (nSPS) is 32.2. The molecule has 1 rings (SSSR count). The van der Waals surface area contributed by atoms with Crippen LogP contribution >= 0.6 is 35.2 Å². The molecule has 2 N–H and O–H groups in total. The molecule has 0 aromatic heterocycles. The van der Waals surface area contributed by atoms with Crippen molar-refractivity contribution in [2.24, 2.45) is 0 Å². The van der Waals surface area contributed by atoms with Gasteiger partial charge in [0.15, 0.2) is 0 Å². The van der Waals surface area contributed by atoms with Crippen molar-refractivity contribution >= 4 is 35.2 Å². The zero-order valence-electron chi connectivity index (χ0n) is 6.12. The Bertz CT molecular complexity index is 117. The van der Waals surface area contributed by atoms with Crippen molar-refractivity contribution in [1.82, 2.24) is 4.72 Å². The van der Waals surface area contributed by atoms with Crippen molar-refractivity contribution in [3.8, 4) is 0 Å². The van der Waals surface area contributed by atoms with E-state index < -0.39 is 0 Å². The summed E-state index contributed by atoms with van der Waals surface area (Å²) < 4.78 is 7.90. The maximum atomic E-state index is 9.29. The van der Waals surface area contributed by atoms with E-state index >= 15 is 0 Å². The summed E-state index contributed by atoms with van der Waals surface area (Å²) in [7, 11) is 0. The number of nitrogens with one attached hydrogen (secondary N) is 1. The molecule has 0 heterocycles. The second kappa shape index (κ2) is 5.58. The third kappa shape index (κ3) is 3.93. The summed E-state index contributed by atoms with van der Waals surface area (Å²) in [5.74, 6) is 0. The van der Waals surface area contributed by atoms with Gasteiger partial charge in [-0.1, -0.05) is 0 Å². The molecule has 0 amide bonds. The van der Waals surface area contributed by atoms with E-state index in [1.165, 1.54) is 12.2 Å². The molecule has 2 atom stereocenters. The predicted octanol–water partition coefficient (Wildman–Crippen LogP) is 1.81. The van der Waals surface area contributed by atoms with Gasteiger partial charge in [-0.25, -0.2) is 7.23 Å². The molecular formula is C6H12INO2S. The Kier molecular flexibility index (Phi) is 5.09. The van der Waals surface area contributed by atoms with Gasteiger partial charge in [0, 0.05) is 6.04 Å². The molecule has 1 saturated carbocycles. The van der Waals surface area contributed by atoms with Gasteiger partial charge in [-0.05, 0) is 25.7 Å². The number of rotatable bonds is 3. The quantitative estimate of drug-likeness (QED) is 0.472. The average Bonchev–Trinajstić information content (AvgIpc) is 2.01. The summed E-state index contributed by atoms with van der Waals surface area (Å²) in [5.41, 5.74) is 0. The van der Waals surface area contributed by atoms with Gasteiger partial charge in [-0.3, -0.25) is 0 Å². The van der Waals surface area contributed by atoms with Crippen LogP contribution in [0.5, 0.6) is 0 Å². The van der Waals surface area contributed by atoms with Crippen molar-refractivity contribution in [1.29, 1.82) is 0 Å². The second-order valence-electron chi connectivity index (χ2n) is 2.78. The maximum Gasteiger partial charge on any atom is 0.129 e. The highest BCUT2D eigenvalue weighted by Gasteiger charge is 2.19. The zero-order chi connectivity index (χ0) is 8.10. The lowest BCUT2D eigenvalue weighted by atomic mass is 9.94. The Morgan fingerprint density at radius 3 is 3.00 bits per heavy atom. The van der Waals surface area contributed by atoms with Crippen molar-refractivity contribution in [3.05, 3.63) is 0 Å². The fourth-order valence-corrected chi connectivity index (χ4v) is 2.06. The van der Waals surface area contributed by atoms with Crippen LogP contribution in [0, 0.1) is 0 Å². The maximum absolute atomic E-state index is 9.29. The van der Waals surface area contributed by atoms with Gasteiger partial charge in [-0.15, -0.1) is 0 Å². The molecular weight excluding hydrogens is 277 g/mol. The molecule has 0 spiro atoms. The molecule has 66 valence electrons. The van der Waals surface area contributed by atoms with Crippen molar-refractivity contribution < 1.29 is 7.62 Å². The van der Waals surface area contributed by atoms with Crippen LogP contribution in [-0.4, -0.2) is 17.3 Å². The molecule has 0 aromatic rings. The summed E-state index contributed by atoms with van der Waals surface area (Å²) in [5, 5.41) is 9.29. The van der Waals surface area contributed by atoms with Crippen LogP contribution in [-0.2, 0) is 2.51 Å². The monoisotopic (exact) mass is 289 g/mol. The number of aliphatic hydroxyl groups excluding tert-OH is 1. The highest BCUT2D eigenvalue weighted by molar-refractivity contribution is 14.1. The lowest BCUT2D eigenvalue weighted by Crippen LogP contribution is -2.32. The Labute approximate surface area is 85.3 Å². The first-order valence-electron chi connectivity index (χ1n) is 3.70. The fraction of sp³-hybridized carbons (Fsp3) is 1.00. The Balaban J connectivity index is 2.12. The van der Waals surface area contributed by atoms with Crippen molar-refractivity contribution in [2.45, 2.75) is 37.8 Å². The lowest BCUT2D eigenvalue weighted by Gasteiger charge is -2.25. The third-order valence-corrected chi connectivity index (χ3v) is 2.92. The number of hydrogen-bond donors (Lipinski definition) is 2. The Morgan fingerprint density at radius 1 is 1.55 bits per heavy atom. The second-order valence-corrected chi connectivity index (χ2v) is 4.39. The van der Waals surface area contributed by atoms with E-state index in [0.717, 1.165) is 25.7 Å². The lowest BCUT2D eigenvalue weighted by molar-refractivity contribution is 0.118. The largest absolute Gasteiger partial charge is 0.393 e. The highest BCUT2D eigenvalue weighted by Crippen LogP contribution is 2.20. The fourth-order valence-electron chi connectivity index (χ4n) is 1.36. The molecule has 0 unspecified atom stereocenters. The molecule has 11 heavy (non-hydrogen) atoms. The summed E-state index contributed by atoms with van der Waals surface area (Å²) in [6, 6.07) is 0.415. The van der Waals surface area contributed by atoms with Crippen LogP contribution in [0.25, 0.3) is 0 Å². The minimum Gasteiger partial charge on any atom is -0.393 e. The van der Waals surface area contributed by atoms with E-state index in [0.29, 0.717) is 6.04 Å². The highest BCUT2D eigenvalue weighted by atomic mass is 127. The minimum absolute atomic E-state index is 0.115. The predicted molar refractivity (Wildman–Crippen MR) is 54.1 cm³/mol. The van der Waals surface area contributed by atoms with E-state index in [-0.39, 0.29) is 6.10 Å².